The number of nitro groups is 1. The van der Waals surface area contributed by atoms with Gasteiger partial charge >= 0.3 is 0 Å². The fourth-order valence-electron chi connectivity index (χ4n) is 2.92. The van der Waals surface area contributed by atoms with Gasteiger partial charge in [-0.15, -0.1) is 0 Å². The number of carbonyl (C=O) groups excluding carboxylic acids is 1. The van der Waals surface area contributed by atoms with Gasteiger partial charge in [-0.2, -0.15) is 0 Å². The van der Waals surface area contributed by atoms with Crippen LogP contribution in [0.25, 0.3) is 0 Å². The number of hydrogen-bond acceptors (Lipinski definition) is 5. The first kappa shape index (κ1) is 17.0. The van der Waals surface area contributed by atoms with Gasteiger partial charge in [-0.1, -0.05) is 12.1 Å². The van der Waals surface area contributed by atoms with E-state index in [1.54, 1.807) is 24.3 Å². The van der Waals surface area contributed by atoms with Crippen molar-refractivity contribution in [1.29, 1.82) is 0 Å². The highest BCUT2D eigenvalue weighted by Gasteiger charge is 2.25. The monoisotopic (exact) mass is 344 g/mol. The molecule has 0 amide bonds. The molecule has 1 fully saturated rings. The van der Waals surface area contributed by atoms with Crippen LogP contribution in [0.3, 0.4) is 0 Å². The Morgan fingerprint density at radius 3 is 2.64 bits per heavy atom. The number of hydrogen-bond donors (Lipinski definition) is 0. The largest absolute Gasteiger partial charge is 0.370 e. The van der Waals surface area contributed by atoms with Gasteiger partial charge in [-0.05, 0) is 36.8 Å². The van der Waals surface area contributed by atoms with Crippen molar-refractivity contribution in [3.63, 3.8) is 0 Å². The van der Waals surface area contributed by atoms with E-state index in [4.69, 9.17) is 4.74 Å². The van der Waals surface area contributed by atoms with Crippen LogP contribution in [0.5, 0.6) is 0 Å². The molecule has 1 unspecified atom stereocenters. The van der Waals surface area contributed by atoms with Crippen LogP contribution in [-0.2, 0) is 4.74 Å². The van der Waals surface area contributed by atoms with Crippen molar-refractivity contribution in [3.8, 4) is 0 Å². The summed E-state index contributed by atoms with van der Waals surface area (Å²) in [5.41, 5.74) is 1.48. The number of carbonyl (C=O) groups is 1. The Balaban J connectivity index is 1.86. The number of rotatable bonds is 4. The Morgan fingerprint density at radius 1 is 1.28 bits per heavy atom. The SMILES string of the molecule is CC(=O)c1cc(N2CCOC(c3ccc(F)cc3)C2)ccc1[N+](=O)[O-]. The van der Waals surface area contributed by atoms with Crippen LogP contribution in [-0.4, -0.2) is 30.4 Å². The minimum absolute atomic E-state index is 0.0901. The minimum atomic E-state index is -0.554. The summed E-state index contributed by atoms with van der Waals surface area (Å²) < 4.78 is 18.8. The molecule has 1 atom stereocenters. The summed E-state index contributed by atoms with van der Waals surface area (Å²) >= 11 is 0. The Kier molecular flexibility index (Phi) is 4.76. The normalized spacial score (nSPS) is 17.4. The smallest absolute Gasteiger partial charge is 0.280 e. The third-order valence-electron chi connectivity index (χ3n) is 4.23. The maximum atomic E-state index is 13.1. The van der Waals surface area contributed by atoms with Crippen LogP contribution in [0.15, 0.2) is 42.5 Å². The summed E-state index contributed by atoms with van der Waals surface area (Å²) in [5.74, 6) is -0.658. The first-order valence-electron chi connectivity index (χ1n) is 7.87. The molecule has 7 heteroatoms. The number of Topliss-reactive ketones (excluding diaryl/α,β-unsaturated/α-hetero) is 1. The molecule has 1 aliphatic rings. The van der Waals surface area contributed by atoms with E-state index in [1.165, 1.54) is 25.1 Å². The van der Waals surface area contributed by atoms with Gasteiger partial charge in [0.15, 0.2) is 5.78 Å². The summed E-state index contributed by atoms with van der Waals surface area (Å²) in [7, 11) is 0. The Labute approximate surface area is 144 Å². The molecule has 0 aromatic heterocycles. The molecule has 0 aliphatic carbocycles. The van der Waals surface area contributed by atoms with Gasteiger partial charge in [0.05, 0.1) is 17.1 Å². The number of anilines is 1. The molecule has 0 bridgehead atoms. The zero-order chi connectivity index (χ0) is 18.0. The lowest BCUT2D eigenvalue weighted by Gasteiger charge is -2.35. The van der Waals surface area contributed by atoms with Gasteiger partial charge in [0.1, 0.15) is 11.9 Å². The van der Waals surface area contributed by atoms with Crippen LogP contribution in [0.2, 0.25) is 0 Å². The van der Waals surface area contributed by atoms with E-state index in [0.717, 1.165) is 11.3 Å². The molecule has 25 heavy (non-hydrogen) atoms. The molecule has 1 aliphatic heterocycles. The van der Waals surface area contributed by atoms with Crippen LogP contribution in [0.1, 0.15) is 28.9 Å². The van der Waals surface area contributed by atoms with Crippen LogP contribution in [0, 0.1) is 15.9 Å². The number of nitrogens with zero attached hydrogens (tertiary/aromatic N) is 2. The highest BCUT2D eigenvalue weighted by molar-refractivity contribution is 5.99. The minimum Gasteiger partial charge on any atom is -0.370 e. The summed E-state index contributed by atoms with van der Waals surface area (Å²) in [6.07, 6.45) is -0.231. The van der Waals surface area contributed by atoms with Gasteiger partial charge in [0, 0.05) is 24.8 Å². The molecule has 3 rings (SSSR count). The number of halogens is 1. The molecule has 1 saturated heterocycles. The number of ketones is 1. The molecule has 0 saturated carbocycles. The second-order valence-corrected chi connectivity index (χ2v) is 5.87. The van der Waals surface area contributed by atoms with Gasteiger partial charge in [0.25, 0.3) is 5.69 Å². The van der Waals surface area contributed by atoms with Crippen LogP contribution < -0.4 is 4.90 Å². The second kappa shape index (κ2) is 6.98. The average Bonchev–Trinajstić information content (AvgIpc) is 2.62. The summed E-state index contributed by atoms with van der Waals surface area (Å²) in [4.78, 5) is 24.3. The van der Waals surface area contributed by atoms with Crippen molar-refractivity contribution < 1.29 is 18.8 Å². The van der Waals surface area contributed by atoms with Gasteiger partial charge in [-0.3, -0.25) is 14.9 Å². The molecular weight excluding hydrogens is 327 g/mol. The standard InChI is InChI=1S/C18H17FN2O4/c1-12(22)16-10-15(6-7-17(16)21(23)24)20-8-9-25-18(11-20)13-2-4-14(19)5-3-13/h2-7,10,18H,8-9,11H2,1H3. The molecule has 6 nitrogen and oxygen atoms in total. The molecular formula is C18H17FN2O4. The van der Waals surface area contributed by atoms with Crippen molar-refractivity contribution >= 4 is 17.2 Å². The fraction of sp³-hybridized carbons (Fsp3) is 0.278. The number of ether oxygens (including phenoxy) is 1. The van der Waals surface area contributed by atoms with Crippen molar-refractivity contribution in [1.82, 2.24) is 0 Å². The van der Waals surface area contributed by atoms with E-state index in [9.17, 15) is 19.3 Å². The van der Waals surface area contributed by atoms with Gasteiger partial charge in [0.2, 0.25) is 0 Å². The summed E-state index contributed by atoms with van der Waals surface area (Å²) in [6.45, 7) is 2.90. The topological polar surface area (TPSA) is 72.7 Å². The number of morpholine rings is 1. The fourth-order valence-corrected chi connectivity index (χ4v) is 2.92. The molecule has 0 N–H and O–H groups in total. The molecule has 1 heterocycles. The molecule has 0 radical (unpaired) electrons. The Bertz CT molecular complexity index is 807. The van der Waals surface area contributed by atoms with Crippen molar-refractivity contribution in [2.24, 2.45) is 0 Å². The molecule has 130 valence electrons. The van der Waals surface area contributed by atoms with E-state index in [1.807, 2.05) is 4.90 Å². The Hall–Kier alpha value is -2.80. The zero-order valence-electron chi connectivity index (χ0n) is 13.6. The lowest BCUT2D eigenvalue weighted by Crippen LogP contribution is -2.38. The Morgan fingerprint density at radius 2 is 2.00 bits per heavy atom. The van der Waals surface area contributed by atoms with E-state index < -0.39 is 4.92 Å². The lowest BCUT2D eigenvalue weighted by molar-refractivity contribution is -0.385. The van der Waals surface area contributed by atoms with Crippen molar-refractivity contribution in [2.45, 2.75) is 13.0 Å². The first-order valence-corrected chi connectivity index (χ1v) is 7.87. The predicted molar refractivity (Wildman–Crippen MR) is 90.4 cm³/mol. The highest BCUT2D eigenvalue weighted by Crippen LogP contribution is 2.30. The average molecular weight is 344 g/mol. The zero-order valence-corrected chi connectivity index (χ0v) is 13.6. The van der Waals surface area contributed by atoms with Crippen LogP contribution >= 0.6 is 0 Å². The van der Waals surface area contributed by atoms with E-state index in [0.29, 0.717) is 19.7 Å². The molecule has 0 spiro atoms. The van der Waals surface area contributed by atoms with Crippen LogP contribution in [0.4, 0.5) is 15.8 Å². The first-order chi connectivity index (χ1) is 12.0. The van der Waals surface area contributed by atoms with Crippen molar-refractivity contribution in [3.05, 3.63) is 69.5 Å². The lowest BCUT2D eigenvalue weighted by atomic mass is 10.1. The second-order valence-electron chi connectivity index (χ2n) is 5.87. The van der Waals surface area contributed by atoms with E-state index >= 15 is 0 Å². The van der Waals surface area contributed by atoms with Gasteiger partial charge < -0.3 is 9.64 Å². The predicted octanol–water partition coefficient (Wildman–Crippen LogP) is 3.51. The third-order valence-corrected chi connectivity index (χ3v) is 4.23. The number of nitro benzene ring substituents is 1. The van der Waals surface area contributed by atoms with E-state index in [-0.39, 0.29) is 29.0 Å². The molecule has 2 aromatic rings. The van der Waals surface area contributed by atoms with E-state index in [2.05, 4.69) is 0 Å². The summed E-state index contributed by atoms with van der Waals surface area (Å²) in [6, 6.07) is 10.7. The van der Waals surface area contributed by atoms with Crippen molar-refractivity contribution in [2.75, 3.05) is 24.6 Å². The maximum Gasteiger partial charge on any atom is 0.280 e. The molecule has 2 aromatic carbocycles. The summed E-state index contributed by atoms with van der Waals surface area (Å²) in [5, 5.41) is 11.1. The van der Waals surface area contributed by atoms with Gasteiger partial charge in [-0.25, -0.2) is 4.39 Å². The third kappa shape index (κ3) is 3.66. The number of benzene rings is 2. The quantitative estimate of drug-likeness (QED) is 0.482. The maximum absolute atomic E-state index is 13.1. The highest BCUT2D eigenvalue weighted by atomic mass is 19.1.